The molecule has 0 radical (unpaired) electrons. The number of thiocarbonyl (C=S) groups is 1. The molecule has 0 spiro atoms. The Labute approximate surface area is 142 Å². The van der Waals surface area contributed by atoms with Gasteiger partial charge in [0.15, 0.2) is 5.11 Å². The van der Waals surface area contributed by atoms with E-state index >= 15 is 0 Å². The van der Waals surface area contributed by atoms with Gasteiger partial charge in [-0.05, 0) is 58.1 Å². The molecule has 0 fully saturated rings. The lowest BCUT2D eigenvalue weighted by Gasteiger charge is -2.14. The number of carbonyl (C=O) groups excluding carboxylic acids is 1. The van der Waals surface area contributed by atoms with Gasteiger partial charge in [-0.3, -0.25) is 15.6 Å². The van der Waals surface area contributed by atoms with Gasteiger partial charge in [0.1, 0.15) is 0 Å². The molecule has 0 unspecified atom stereocenters. The molecule has 0 saturated carbocycles. The summed E-state index contributed by atoms with van der Waals surface area (Å²) >= 11 is 4.99. The van der Waals surface area contributed by atoms with Gasteiger partial charge < -0.3 is 5.32 Å². The Bertz CT molecular complexity index is 672. The molecule has 128 valence electrons. The largest absolute Gasteiger partial charge is 0.359 e. The van der Waals surface area contributed by atoms with Crippen molar-refractivity contribution in [3.8, 4) is 0 Å². The van der Waals surface area contributed by atoms with Crippen molar-refractivity contribution in [1.82, 2.24) is 20.9 Å². The van der Waals surface area contributed by atoms with Crippen LogP contribution in [0.25, 0.3) is 0 Å². The highest BCUT2D eigenvalue weighted by Gasteiger charge is 2.17. The summed E-state index contributed by atoms with van der Waals surface area (Å²) in [7, 11) is -3.65. The van der Waals surface area contributed by atoms with E-state index in [9.17, 15) is 13.2 Å². The lowest BCUT2D eigenvalue weighted by molar-refractivity contribution is 0.0943. The van der Waals surface area contributed by atoms with E-state index in [0.717, 1.165) is 0 Å². The lowest BCUT2D eigenvalue weighted by Crippen LogP contribution is -2.48. The van der Waals surface area contributed by atoms with E-state index in [1.807, 2.05) is 13.8 Å². The maximum absolute atomic E-state index is 12.1. The zero-order chi connectivity index (χ0) is 17.6. The second-order valence-corrected chi connectivity index (χ2v) is 7.63. The summed E-state index contributed by atoms with van der Waals surface area (Å²) in [4.78, 5) is 12.1. The van der Waals surface area contributed by atoms with Crippen LogP contribution in [0.4, 0.5) is 0 Å². The van der Waals surface area contributed by atoms with Gasteiger partial charge in [-0.2, -0.15) is 0 Å². The molecular weight excluding hydrogens is 336 g/mol. The van der Waals surface area contributed by atoms with Crippen LogP contribution in [0, 0.1) is 0 Å². The number of nitrogens with one attached hydrogen (secondary N) is 4. The van der Waals surface area contributed by atoms with Crippen LogP contribution >= 0.6 is 12.2 Å². The molecule has 1 aromatic carbocycles. The molecule has 9 heteroatoms. The number of hydrazine groups is 1. The van der Waals surface area contributed by atoms with Crippen molar-refractivity contribution in [2.45, 2.75) is 44.7 Å². The predicted molar refractivity (Wildman–Crippen MR) is 93.4 cm³/mol. The minimum absolute atomic E-state index is 0.0294. The summed E-state index contributed by atoms with van der Waals surface area (Å²) in [6, 6.07) is 5.65. The number of hydrogen-bond acceptors (Lipinski definition) is 4. The van der Waals surface area contributed by atoms with Crippen molar-refractivity contribution in [1.29, 1.82) is 0 Å². The van der Waals surface area contributed by atoms with Gasteiger partial charge in [0.05, 0.1) is 4.90 Å². The monoisotopic (exact) mass is 358 g/mol. The van der Waals surface area contributed by atoms with E-state index in [0.29, 0.717) is 0 Å². The maximum Gasteiger partial charge on any atom is 0.269 e. The molecule has 0 aliphatic heterocycles. The fourth-order valence-corrected chi connectivity index (χ4v) is 3.25. The van der Waals surface area contributed by atoms with Crippen molar-refractivity contribution in [2.24, 2.45) is 0 Å². The number of hydrogen-bond donors (Lipinski definition) is 4. The Balaban J connectivity index is 2.80. The molecule has 0 aliphatic rings. The maximum atomic E-state index is 12.1. The Morgan fingerprint density at radius 1 is 1.09 bits per heavy atom. The molecule has 0 bridgehead atoms. The molecule has 7 nitrogen and oxygen atoms in total. The third-order valence-corrected chi connectivity index (χ3v) is 4.38. The number of sulfonamides is 1. The normalized spacial score (nSPS) is 11.4. The third kappa shape index (κ3) is 6.51. The van der Waals surface area contributed by atoms with Crippen LogP contribution in [0.5, 0.6) is 0 Å². The predicted octanol–water partition coefficient (Wildman–Crippen LogP) is 0.891. The van der Waals surface area contributed by atoms with Crippen molar-refractivity contribution >= 4 is 33.3 Å². The Morgan fingerprint density at radius 3 is 2.30 bits per heavy atom. The van der Waals surface area contributed by atoms with Crippen LogP contribution in [0.15, 0.2) is 29.2 Å². The van der Waals surface area contributed by atoms with Crippen LogP contribution in [-0.4, -0.2) is 31.5 Å². The molecular formula is C14H22N4O3S2. The fourth-order valence-electron chi connectivity index (χ4n) is 1.67. The standard InChI is InChI=1S/C14H22N4O3S2/c1-9(2)15-14(22)17-16-13(19)11-6-5-7-12(8-11)23(20,21)18-10(3)4/h5-10,18H,1-4H3,(H,16,19)(H2,15,17,22). The van der Waals surface area contributed by atoms with E-state index in [-0.39, 0.29) is 27.7 Å². The molecule has 1 amide bonds. The first-order valence-corrected chi connectivity index (χ1v) is 9.00. The van der Waals surface area contributed by atoms with E-state index in [2.05, 4.69) is 20.9 Å². The second kappa shape index (κ2) is 8.23. The summed E-state index contributed by atoms with van der Waals surface area (Å²) in [5, 5.41) is 3.18. The fraction of sp³-hybridized carbons (Fsp3) is 0.429. The van der Waals surface area contributed by atoms with Crippen LogP contribution in [-0.2, 0) is 10.0 Å². The Kier molecular flexibility index (Phi) is 6.92. The van der Waals surface area contributed by atoms with Gasteiger partial charge >= 0.3 is 0 Å². The molecule has 0 heterocycles. The Morgan fingerprint density at radius 2 is 1.74 bits per heavy atom. The summed E-state index contributed by atoms with van der Waals surface area (Å²) in [5.41, 5.74) is 5.18. The highest BCUT2D eigenvalue weighted by Crippen LogP contribution is 2.12. The first kappa shape index (κ1) is 19.3. The van der Waals surface area contributed by atoms with Crippen LogP contribution in [0.1, 0.15) is 38.1 Å². The average molecular weight is 358 g/mol. The third-order valence-electron chi connectivity index (χ3n) is 2.51. The zero-order valence-electron chi connectivity index (χ0n) is 13.5. The number of benzene rings is 1. The quantitative estimate of drug-likeness (QED) is 0.461. The molecule has 1 aromatic rings. The average Bonchev–Trinajstić information content (AvgIpc) is 2.43. The second-order valence-electron chi connectivity index (χ2n) is 5.51. The van der Waals surface area contributed by atoms with Crippen molar-refractivity contribution in [3.63, 3.8) is 0 Å². The van der Waals surface area contributed by atoms with Crippen LogP contribution in [0.2, 0.25) is 0 Å². The summed E-state index contributed by atoms with van der Waals surface area (Å²) < 4.78 is 26.7. The smallest absolute Gasteiger partial charge is 0.269 e. The Hall–Kier alpha value is -1.71. The molecule has 0 atom stereocenters. The van der Waals surface area contributed by atoms with Crippen molar-refractivity contribution < 1.29 is 13.2 Å². The SMILES string of the molecule is CC(C)NC(=S)NNC(=O)c1cccc(S(=O)(=O)NC(C)C)c1. The van der Waals surface area contributed by atoms with Gasteiger partial charge in [0, 0.05) is 17.6 Å². The topological polar surface area (TPSA) is 99.3 Å². The van der Waals surface area contributed by atoms with Crippen molar-refractivity contribution in [2.75, 3.05) is 0 Å². The van der Waals surface area contributed by atoms with Gasteiger partial charge in [-0.15, -0.1) is 0 Å². The van der Waals surface area contributed by atoms with Crippen LogP contribution in [0.3, 0.4) is 0 Å². The summed E-state index contributed by atoms with van der Waals surface area (Å²) in [6.45, 7) is 7.26. The van der Waals surface area contributed by atoms with E-state index in [1.54, 1.807) is 13.8 Å². The summed E-state index contributed by atoms with van der Waals surface area (Å²) in [5.74, 6) is -0.487. The lowest BCUT2D eigenvalue weighted by atomic mass is 10.2. The highest BCUT2D eigenvalue weighted by atomic mass is 32.2. The first-order chi connectivity index (χ1) is 10.6. The van der Waals surface area contributed by atoms with E-state index in [4.69, 9.17) is 12.2 Å². The molecule has 0 aliphatic carbocycles. The van der Waals surface area contributed by atoms with Gasteiger partial charge in [0.2, 0.25) is 10.0 Å². The minimum atomic E-state index is -3.65. The zero-order valence-corrected chi connectivity index (χ0v) is 15.1. The summed E-state index contributed by atoms with van der Waals surface area (Å²) in [6.07, 6.45) is 0. The first-order valence-electron chi connectivity index (χ1n) is 7.11. The number of rotatable bonds is 5. The number of carbonyl (C=O) groups is 1. The van der Waals surface area contributed by atoms with Gasteiger partial charge in [-0.1, -0.05) is 6.07 Å². The molecule has 0 aromatic heterocycles. The molecule has 4 N–H and O–H groups in total. The van der Waals surface area contributed by atoms with Gasteiger partial charge in [-0.25, -0.2) is 13.1 Å². The molecule has 1 rings (SSSR count). The molecule has 23 heavy (non-hydrogen) atoms. The molecule has 0 saturated heterocycles. The van der Waals surface area contributed by atoms with E-state index in [1.165, 1.54) is 24.3 Å². The van der Waals surface area contributed by atoms with Crippen molar-refractivity contribution in [3.05, 3.63) is 29.8 Å². The van der Waals surface area contributed by atoms with Gasteiger partial charge in [0.25, 0.3) is 5.91 Å². The van der Waals surface area contributed by atoms with E-state index < -0.39 is 15.9 Å². The van der Waals surface area contributed by atoms with Crippen LogP contribution < -0.4 is 20.9 Å². The minimum Gasteiger partial charge on any atom is -0.359 e. The number of amides is 1. The highest BCUT2D eigenvalue weighted by molar-refractivity contribution is 7.89.